The predicted molar refractivity (Wildman–Crippen MR) is 123 cm³/mol. The summed E-state index contributed by atoms with van der Waals surface area (Å²) in [5.41, 5.74) is 2.46. The van der Waals surface area contributed by atoms with Crippen LogP contribution in [-0.4, -0.2) is 28.6 Å². The van der Waals surface area contributed by atoms with Crippen molar-refractivity contribution in [1.29, 1.82) is 0 Å². The Kier molecular flexibility index (Phi) is 4.66. The standard InChI is InChI=1S/C23H28FN5OSi/c1-31(2,3)23(10-5-11-23)22(30)28-19-13-20(26-17-7-4-6-16(24)12-17)29-21(27-19)18(14-25-29)15-8-9-15/h4,6-7,12-15,26H,5,8-11H2,1-3H3,(H,27,28,30). The number of carbonyl (C=O) groups excluding carboxylic acids is 1. The Hall–Kier alpha value is -2.74. The van der Waals surface area contributed by atoms with Crippen LogP contribution < -0.4 is 10.6 Å². The molecule has 0 radical (unpaired) electrons. The SMILES string of the molecule is C[Si](C)(C)C1(C(=O)Nc2cc(Nc3cccc(F)c3)n3ncc(C4CC4)c3n2)CCC1. The minimum absolute atomic E-state index is 0.0824. The molecule has 0 unspecified atom stereocenters. The average Bonchev–Trinajstić information content (AvgIpc) is 3.39. The third kappa shape index (κ3) is 3.52. The first-order chi connectivity index (χ1) is 14.8. The van der Waals surface area contributed by atoms with Crippen molar-refractivity contribution in [3.05, 3.63) is 47.9 Å². The van der Waals surface area contributed by atoms with E-state index < -0.39 is 8.07 Å². The van der Waals surface area contributed by atoms with Gasteiger partial charge in [-0.3, -0.25) is 4.79 Å². The molecule has 2 fully saturated rings. The number of hydrogen-bond acceptors (Lipinski definition) is 4. The van der Waals surface area contributed by atoms with Crippen LogP contribution in [0.4, 0.5) is 21.7 Å². The summed E-state index contributed by atoms with van der Waals surface area (Å²) >= 11 is 0. The maximum absolute atomic E-state index is 13.7. The van der Waals surface area contributed by atoms with Crippen molar-refractivity contribution < 1.29 is 9.18 Å². The first-order valence-electron chi connectivity index (χ1n) is 11.0. The highest BCUT2D eigenvalue weighted by Crippen LogP contribution is 2.56. The number of carbonyl (C=O) groups is 1. The molecule has 0 aliphatic heterocycles. The van der Waals surface area contributed by atoms with Crippen LogP contribution in [0.5, 0.6) is 0 Å². The summed E-state index contributed by atoms with van der Waals surface area (Å²) in [4.78, 5) is 18.2. The number of aromatic nitrogens is 3. The summed E-state index contributed by atoms with van der Waals surface area (Å²) in [6, 6.07) is 8.09. The second-order valence-electron chi connectivity index (χ2n) is 9.91. The Labute approximate surface area is 182 Å². The molecule has 0 saturated heterocycles. The van der Waals surface area contributed by atoms with Crippen molar-refractivity contribution in [3.63, 3.8) is 0 Å². The number of nitrogens with one attached hydrogen (secondary N) is 2. The molecule has 2 aliphatic carbocycles. The lowest BCUT2D eigenvalue weighted by molar-refractivity contribution is -0.121. The molecular weight excluding hydrogens is 409 g/mol. The second-order valence-corrected chi connectivity index (χ2v) is 15.4. The van der Waals surface area contributed by atoms with Gasteiger partial charge in [0, 0.05) is 22.4 Å². The number of benzene rings is 1. The van der Waals surface area contributed by atoms with Gasteiger partial charge in [0.15, 0.2) is 5.65 Å². The Balaban J connectivity index is 1.53. The third-order valence-electron chi connectivity index (χ3n) is 6.93. The van der Waals surface area contributed by atoms with Crippen molar-refractivity contribution in [2.45, 2.75) is 62.7 Å². The van der Waals surface area contributed by atoms with Gasteiger partial charge in [0.1, 0.15) is 17.5 Å². The van der Waals surface area contributed by atoms with E-state index in [1.54, 1.807) is 22.7 Å². The lowest BCUT2D eigenvalue weighted by Gasteiger charge is -2.48. The first kappa shape index (κ1) is 20.2. The Morgan fingerprint density at radius 2 is 2.00 bits per heavy atom. The minimum Gasteiger partial charge on any atom is -0.340 e. The lowest BCUT2D eigenvalue weighted by Crippen LogP contribution is -2.52. The number of fused-ring (bicyclic) bond motifs is 1. The number of anilines is 3. The highest BCUT2D eigenvalue weighted by Gasteiger charge is 2.53. The van der Waals surface area contributed by atoms with Crippen LogP contribution in [0.2, 0.25) is 24.7 Å². The number of halogens is 1. The quantitative estimate of drug-likeness (QED) is 0.486. The molecule has 2 heterocycles. The maximum Gasteiger partial charge on any atom is 0.228 e. The Bertz CT molecular complexity index is 1160. The second kappa shape index (κ2) is 7.15. The van der Waals surface area contributed by atoms with Crippen molar-refractivity contribution in [1.82, 2.24) is 14.6 Å². The van der Waals surface area contributed by atoms with Crippen LogP contribution in [0.25, 0.3) is 5.65 Å². The minimum atomic E-state index is -1.70. The van der Waals surface area contributed by atoms with E-state index >= 15 is 0 Å². The van der Waals surface area contributed by atoms with Crippen LogP contribution in [0.15, 0.2) is 36.5 Å². The molecule has 2 N–H and O–H groups in total. The van der Waals surface area contributed by atoms with E-state index in [4.69, 9.17) is 4.98 Å². The molecule has 0 bridgehead atoms. The normalized spacial score (nSPS) is 17.9. The topological polar surface area (TPSA) is 71.3 Å². The highest BCUT2D eigenvalue weighted by atomic mass is 28.3. The summed E-state index contributed by atoms with van der Waals surface area (Å²) in [6.45, 7) is 6.80. The van der Waals surface area contributed by atoms with Crippen molar-refractivity contribution in [2.75, 3.05) is 10.6 Å². The van der Waals surface area contributed by atoms with E-state index in [-0.39, 0.29) is 16.8 Å². The molecule has 31 heavy (non-hydrogen) atoms. The van der Waals surface area contributed by atoms with E-state index in [9.17, 15) is 9.18 Å². The van der Waals surface area contributed by atoms with Gasteiger partial charge in [-0.25, -0.2) is 9.37 Å². The fraction of sp³-hybridized carbons (Fsp3) is 0.435. The molecule has 2 aromatic heterocycles. The fourth-order valence-corrected chi connectivity index (χ4v) is 7.21. The summed E-state index contributed by atoms with van der Waals surface area (Å²) in [5.74, 6) is 1.40. The van der Waals surface area contributed by atoms with Gasteiger partial charge in [0.05, 0.1) is 14.3 Å². The molecule has 2 aliphatic rings. The highest BCUT2D eigenvalue weighted by molar-refractivity contribution is 6.83. The molecule has 2 saturated carbocycles. The van der Waals surface area contributed by atoms with Crippen LogP contribution in [0, 0.1) is 5.82 Å². The largest absolute Gasteiger partial charge is 0.340 e. The van der Waals surface area contributed by atoms with Crippen molar-refractivity contribution in [3.8, 4) is 0 Å². The molecule has 5 rings (SSSR count). The summed E-state index contributed by atoms with van der Waals surface area (Å²) in [7, 11) is -1.70. The molecule has 6 nitrogen and oxygen atoms in total. The predicted octanol–water partition coefficient (Wildman–Crippen LogP) is 5.69. The molecule has 0 spiro atoms. The number of hydrogen-bond donors (Lipinski definition) is 2. The van der Waals surface area contributed by atoms with E-state index in [2.05, 4.69) is 35.4 Å². The van der Waals surface area contributed by atoms with Crippen LogP contribution in [0.3, 0.4) is 0 Å². The zero-order valence-electron chi connectivity index (χ0n) is 18.2. The maximum atomic E-state index is 13.7. The number of rotatable bonds is 6. The molecule has 162 valence electrons. The smallest absolute Gasteiger partial charge is 0.228 e. The Morgan fingerprint density at radius 1 is 1.23 bits per heavy atom. The zero-order chi connectivity index (χ0) is 21.8. The van der Waals surface area contributed by atoms with E-state index in [0.29, 0.717) is 23.2 Å². The Morgan fingerprint density at radius 3 is 2.61 bits per heavy atom. The van der Waals surface area contributed by atoms with Gasteiger partial charge in [-0.05, 0) is 49.8 Å². The molecule has 0 atom stereocenters. The van der Waals surface area contributed by atoms with Crippen LogP contribution in [-0.2, 0) is 4.79 Å². The van der Waals surface area contributed by atoms with E-state index in [0.717, 1.165) is 43.3 Å². The van der Waals surface area contributed by atoms with Gasteiger partial charge in [-0.1, -0.05) is 32.1 Å². The summed E-state index contributed by atoms with van der Waals surface area (Å²) in [5, 5.41) is 10.7. The average molecular weight is 438 g/mol. The van der Waals surface area contributed by atoms with E-state index in [1.165, 1.54) is 12.1 Å². The zero-order valence-corrected chi connectivity index (χ0v) is 19.2. The number of amides is 1. The molecule has 1 aromatic carbocycles. The van der Waals surface area contributed by atoms with Crippen molar-refractivity contribution >= 4 is 37.0 Å². The van der Waals surface area contributed by atoms with Gasteiger partial charge >= 0.3 is 0 Å². The molecular formula is C23H28FN5OSi. The fourth-order valence-electron chi connectivity index (χ4n) is 4.61. The van der Waals surface area contributed by atoms with Crippen LogP contribution >= 0.6 is 0 Å². The third-order valence-corrected chi connectivity index (χ3v) is 10.5. The van der Waals surface area contributed by atoms with Gasteiger partial charge in [0.2, 0.25) is 5.91 Å². The van der Waals surface area contributed by atoms with Crippen molar-refractivity contribution in [2.24, 2.45) is 0 Å². The lowest BCUT2D eigenvalue weighted by atomic mass is 9.83. The molecule has 3 aromatic rings. The van der Waals surface area contributed by atoms with Crippen LogP contribution in [0.1, 0.15) is 43.6 Å². The van der Waals surface area contributed by atoms with Gasteiger partial charge < -0.3 is 10.6 Å². The summed E-state index contributed by atoms with van der Waals surface area (Å²) < 4.78 is 15.5. The number of nitrogens with zero attached hydrogens (tertiary/aromatic N) is 3. The van der Waals surface area contributed by atoms with Gasteiger partial charge in [-0.15, -0.1) is 0 Å². The van der Waals surface area contributed by atoms with Gasteiger partial charge in [0.25, 0.3) is 0 Å². The molecule has 8 heteroatoms. The van der Waals surface area contributed by atoms with E-state index in [1.807, 2.05) is 6.20 Å². The first-order valence-corrected chi connectivity index (χ1v) is 14.5. The monoisotopic (exact) mass is 437 g/mol. The summed E-state index contributed by atoms with van der Waals surface area (Å²) in [6.07, 6.45) is 7.12. The molecule has 1 amide bonds. The van der Waals surface area contributed by atoms with Gasteiger partial charge in [-0.2, -0.15) is 9.61 Å².